The van der Waals surface area contributed by atoms with Crippen LogP contribution >= 0.6 is 0 Å². The molecule has 340 valence electrons. The van der Waals surface area contributed by atoms with E-state index in [1.165, 1.54) is 9.47 Å². The van der Waals surface area contributed by atoms with E-state index in [-0.39, 0.29) is 50.3 Å². The Labute approximate surface area is 364 Å². The number of aromatic nitrogens is 1. The molecule has 3 aromatic rings. The van der Waals surface area contributed by atoms with Crippen molar-refractivity contribution in [3.8, 4) is 0 Å². The summed E-state index contributed by atoms with van der Waals surface area (Å²) in [7, 11) is 6.96. The molecule has 17 heteroatoms. The van der Waals surface area contributed by atoms with Gasteiger partial charge in [0.05, 0.1) is 12.1 Å². The second-order valence-corrected chi connectivity index (χ2v) is 17.0. The van der Waals surface area contributed by atoms with Crippen molar-refractivity contribution in [3.63, 3.8) is 0 Å². The number of nitrogens with zero attached hydrogens (tertiary/aromatic N) is 7. The fourth-order valence-electron chi connectivity index (χ4n) is 8.34. The first kappa shape index (κ1) is 47.6. The molecule has 3 saturated heterocycles. The lowest BCUT2D eigenvalue weighted by Crippen LogP contribution is -2.53. The van der Waals surface area contributed by atoms with E-state index >= 15 is 0 Å². The van der Waals surface area contributed by atoms with Crippen LogP contribution in [0.15, 0.2) is 45.6 Å². The molecular weight excluding hydrogens is 797 g/mol. The number of esters is 1. The van der Waals surface area contributed by atoms with Crippen molar-refractivity contribution in [3.05, 3.63) is 63.6 Å². The fraction of sp³-hybridized carbons (Fsp3) is 0.600. The lowest BCUT2D eigenvalue weighted by molar-refractivity contribution is -0.152. The Bertz CT molecular complexity index is 2090. The number of hydrogen-bond acceptors (Lipinski definition) is 11. The Kier molecular flexibility index (Phi) is 16.6. The molecule has 1 N–H and O–H groups in total. The Morgan fingerprint density at radius 2 is 1.56 bits per heavy atom. The normalized spacial score (nSPS) is 18.4. The number of likely N-dealkylation sites (N-methyl/N-ethyl adjacent to an activating group) is 2. The molecule has 7 rings (SSSR count). The number of nitrogens with one attached hydrogen (secondary N) is 1. The molecule has 0 aliphatic carbocycles. The van der Waals surface area contributed by atoms with Crippen LogP contribution in [0.25, 0.3) is 11.1 Å². The number of carbonyl (C=O) groups is 5. The highest BCUT2D eigenvalue weighted by atomic mass is 16.6. The highest BCUT2D eigenvalue weighted by Gasteiger charge is 2.35. The molecule has 0 spiro atoms. The first-order valence-electron chi connectivity index (χ1n) is 21.4. The van der Waals surface area contributed by atoms with Gasteiger partial charge in [-0.2, -0.15) is 0 Å². The summed E-state index contributed by atoms with van der Waals surface area (Å²) < 4.78 is 17.8. The quantitative estimate of drug-likeness (QED) is 0.311. The monoisotopic (exact) mass is 862 g/mol. The largest absolute Gasteiger partial charge is 0.455 e. The van der Waals surface area contributed by atoms with E-state index in [4.69, 9.17) is 13.9 Å². The summed E-state index contributed by atoms with van der Waals surface area (Å²) in [5.74, 6) is -0.435. The molecule has 62 heavy (non-hydrogen) atoms. The van der Waals surface area contributed by atoms with Crippen LogP contribution in [0.4, 0.5) is 15.3 Å². The Balaban J connectivity index is 0.000000341. The average molecular weight is 863 g/mol. The number of likely N-dealkylation sites (tertiary alicyclic amines) is 2. The molecular formula is C45H66N8O9. The predicted molar refractivity (Wildman–Crippen MR) is 236 cm³/mol. The lowest BCUT2D eigenvalue weighted by atomic mass is 9.99. The molecule has 2 aromatic carbocycles. The van der Waals surface area contributed by atoms with E-state index in [1.54, 1.807) is 37.0 Å². The molecule has 5 heterocycles. The molecule has 17 nitrogen and oxygen atoms in total. The SMILES string of the molecule is C.CC1CCN(CC(=O)OCC(=O)N(C)C)CC1.Cc1cc(C[C@@H](OC(=O)N2CCC(N3CCc4ccccc4NC3=O)CC2)C(=O)N2CCN(C)CC2)cc2oc(=O)n(C)c12. The van der Waals surface area contributed by atoms with Crippen molar-refractivity contribution >= 4 is 46.7 Å². The Morgan fingerprint density at radius 3 is 2.24 bits per heavy atom. The van der Waals surface area contributed by atoms with Crippen molar-refractivity contribution in [2.45, 2.75) is 71.9 Å². The molecule has 1 aromatic heterocycles. The number of piperidine rings is 2. The number of ether oxygens (including phenoxy) is 2. The number of piperazine rings is 1. The summed E-state index contributed by atoms with van der Waals surface area (Å²) in [5.41, 5.74) is 4.68. The summed E-state index contributed by atoms with van der Waals surface area (Å²) in [4.78, 5) is 86.0. The second-order valence-electron chi connectivity index (χ2n) is 17.0. The molecule has 1 atom stereocenters. The molecule has 0 bridgehead atoms. The summed E-state index contributed by atoms with van der Waals surface area (Å²) in [5, 5.41) is 3.03. The van der Waals surface area contributed by atoms with E-state index in [0.29, 0.717) is 63.2 Å². The highest BCUT2D eigenvalue weighted by molar-refractivity contribution is 5.91. The summed E-state index contributed by atoms with van der Waals surface area (Å²) in [6, 6.07) is 11.4. The first-order valence-corrected chi connectivity index (χ1v) is 21.4. The van der Waals surface area contributed by atoms with Gasteiger partial charge >= 0.3 is 23.8 Å². The minimum absolute atomic E-state index is 0. The number of amides is 5. The van der Waals surface area contributed by atoms with Gasteiger partial charge in [0, 0.05) is 85.1 Å². The maximum absolute atomic E-state index is 13.7. The minimum atomic E-state index is -1.02. The average Bonchev–Trinajstić information content (AvgIpc) is 3.42. The number of rotatable bonds is 9. The van der Waals surface area contributed by atoms with Crippen molar-refractivity contribution in [2.24, 2.45) is 13.0 Å². The van der Waals surface area contributed by atoms with Gasteiger partial charge in [-0.15, -0.1) is 0 Å². The van der Waals surface area contributed by atoms with Gasteiger partial charge in [0.1, 0.15) is 0 Å². The van der Waals surface area contributed by atoms with E-state index in [0.717, 1.165) is 73.7 Å². The van der Waals surface area contributed by atoms with Crippen molar-refractivity contribution in [1.82, 2.24) is 34.0 Å². The van der Waals surface area contributed by atoms with Crippen LogP contribution in [0.2, 0.25) is 0 Å². The second kappa shape index (κ2) is 21.6. The number of urea groups is 1. The minimum Gasteiger partial charge on any atom is -0.455 e. The van der Waals surface area contributed by atoms with E-state index in [2.05, 4.69) is 22.0 Å². The lowest BCUT2D eigenvalue weighted by Gasteiger charge is -2.38. The predicted octanol–water partition coefficient (Wildman–Crippen LogP) is 3.80. The van der Waals surface area contributed by atoms with E-state index in [9.17, 15) is 28.8 Å². The number of oxazole rings is 1. The van der Waals surface area contributed by atoms with Crippen LogP contribution in [-0.4, -0.2) is 169 Å². The molecule has 5 amide bonds. The number of carbonyl (C=O) groups excluding carboxylic acids is 5. The summed E-state index contributed by atoms with van der Waals surface area (Å²) in [6.07, 6.45) is 2.88. The zero-order valence-corrected chi connectivity index (χ0v) is 36.5. The number of anilines is 1. The van der Waals surface area contributed by atoms with Gasteiger partial charge in [0.15, 0.2) is 18.3 Å². The molecule has 0 radical (unpaired) electrons. The maximum Gasteiger partial charge on any atom is 0.419 e. The number of hydrogen-bond donors (Lipinski definition) is 1. The number of benzene rings is 2. The molecule has 0 saturated carbocycles. The summed E-state index contributed by atoms with van der Waals surface area (Å²) >= 11 is 0. The third-order valence-corrected chi connectivity index (χ3v) is 12.3. The molecule has 4 aliphatic rings. The van der Waals surface area contributed by atoms with E-state index in [1.807, 2.05) is 49.2 Å². The van der Waals surface area contributed by atoms with Crippen molar-refractivity contribution in [2.75, 3.05) is 98.5 Å². The van der Waals surface area contributed by atoms with Gasteiger partial charge in [-0.1, -0.05) is 38.6 Å². The van der Waals surface area contributed by atoms with Crippen LogP contribution in [-0.2, 0) is 43.7 Å². The van der Waals surface area contributed by atoms with Gasteiger partial charge in [0.2, 0.25) is 0 Å². The van der Waals surface area contributed by atoms with Crippen molar-refractivity contribution < 1.29 is 37.9 Å². The standard InChI is InChI=1S/C32H40N6O6.C12H22N2O3.CH4/c1-21-18-22(19-26-28(21)35(3)31(41)43-26)20-27(29(39)36-16-14-34(2)15-17-36)44-32(42)37-11-9-24(10-12-37)38-13-8-23-6-4-5-7-25(23)33-30(38)40;1-10-4-6-14(7-5-10)8-12(16)17-9-11(15)13(2)3;/h4-7,18-19,24,27H,8-17,20H2,1-3H3,(H,33,40);10H,4-9H2,1-3H3;1H4/t27-;;/m1../s1. The number of aryl methyl sites for hydroxylation is 2. The van der Waals surface area contributed by atoms with Crippen LogP contribution in [0.1, 0.15) is 56.7 Å². The zero-order valence-electron chi connectivity index (χ0n) is 36.5. The third kappa shape index (κ3) is 12.1. The van der Waals surface area contributed by atoms with Crippen LogP contribution in [0.3, 0.4) is 0 Å². The van der Waals surface area contributed by atoms with Gasteiger partial charge < -0.3 is 43.7 Å². The smallest absolute Gasteiger partial charge is 0.419 e. The Morgan fingerprint density at radius 1 is 0.887 bits per heavy atom. The van der Waals surface area contributed by atoms with E-state index < -0.39 is 18.0 Å². The van der Waals surface area contributed by atoms with Gasteiger partial charge in [-0.3, -0.25) is 23.9 Å². The first-order chi connectivity index (χ1) is 29.2. The Hall–Kier alpha value is -5.42. The van der Waals surface area contributed by atoms with Gasteiger partial charge in [-0.05, 0) is 93.9 Å². The third-order valence-electron chi connectivity index (χ3n) is 12.3. The van der Waals surface area contributed by atoms with Crippen molar-refractivity contribution in [1.29, 1.82) is 0 Å². The number of para-hydroxylation sites is 1. The van der Waals surface area contributed by atoms with Crippen LogP contribution < -0.4 is 11.1 Å². The number of fused-ring (bicyclic) bond motifs is 2. The summed E-state index contributed by atoms with van der Waals surface area (Å²) in [6.45, 7) is 10.2. The molecule has 3 fully saturated rings. The fourth-order valence-corrected chi connectivity index (χ4v) is 8.34. The maximum atomic E-state index is 13.7. The molecule has 4 aliphatic heterocycles. The van der Waals surface area contributed by atoms with Gasteiger partial charge in [-0.25, -0.2) is 14.4 Å². The zero-order chi connectivity index (χ0) is 43.8. The molecule has 0 unspecified atom stereocenters. The van der Waals surface area contributed by atoms with Crippen LogP contribution in [0, 0.1) is 12.8 Å². The van der Waals surface area contributed by atoms with Gasteiger partial charge in [0.25, 0.3) is 11.8 Å². The highest BCUT2D eigenvalue weighted by Crippen LogP contribution is 2.26. The van der Waals surface area contributed by atoms with Crippen LogP contribution in [0.5, 0.6) is 0 Å². The topological polar surface area (TPSA) is 170 Å².